The van der Waals surface area contributed by atoms with Gasteiger partial charge in [0.1, 0.15) is 35.1 Å². The summed E-state index contributed by atoms with van der Waals surface area (Å²) in [6.45, 7) is 12.1. The average Bonchev–Trinajstić information content (AvgIpc) is 4.19. The summed E-state index contributed by atoms with van der Waals surface area (Å²) in [6.07, 6.45) is 6.99. The molecule has 5 aromatic heterocycles. The molecule has 3 N–H and O–H groups in total. The van der Waals surface area contributed by atoms with E-state index in [0.717, 1.165) is 61.2 Å². The summed E-state index contributed by atoms with van der Waals surface area (Å²) in [5, 5.41) is 32.1. The minimum absolute atomic E-state index is 0.0387. The van der Waals surface area contributed by atoms with Crippen LogP contribution in [0.15, 0.2) is 95.1 Å². The number of nitrogens with zero attached hydrogens (tertiary/aromatic N) is 9. The third kappa shape index (κ3) is 9.63. The predicted octanol–water partition coefficient (Wildman–Crippen LogP) is 7.61. The molecular formula is C52H54ClN11O6S. The molecule has 10 rings (SSSR count). The molecule has 17 nitrogen and oxygen atoms in total. The Balaban J connectivity index is 0.757. The summed E-state index contributed by atoms with van der Waals surface area (Å²) in [5.41, 5.74) is 7.92. The Kier molecular flexibility index (Phi) is 13.2. The summed E-state index contributed by atoms with van der Waals surface area (Å²) in [4.78, 5) is 58.2. The number of aliphatic hydroxyl groups is 1. The van der Waals surface area contributed by atoms with E-state index in [1.54, 1.807) is 28.4 Å². The fourth-order valence-electron chi connectivity index (χ4n) is 9.68. The molecular weight excluding hydrogens is 942 g/mol. The molecule has 0 spiro atoms. The summed E-state index contributed by atoms with van der Waals surface area (Å²) in [7, 11) is 0. The van der Waals surface area contributed by atoms with Gasteiger partial charge in [-0.1, -0.05) is 61.8 Å². The van der Waals surface area contributed by atoms with E-state index in [2.05, 4.69) is 49.7 Å². The van der Waals surface area contributed by atoms with Crippen molar-refractivity contribution in [3.63, 3.8) is 0 Å². The van der Waals surface area contributed by atoms with E-state index >= 15 is 0 Å². The molecule has 4 atom stereocenters. The number of nitrogens with one attached hydrogen (secondary N) is 2. The van der Waals surface area contributed by atoms with Gasteiger partial charge >= 0.3 is 0 Å². The lowest BCUT2D eigenvalue weighted by molar-refractivity contribution is -0.142. The fraction of sp³-hybridized carbons (Fsp3) is 0.365. The molecule has 71 heavy (non-hydrogen) atoms. The maximum Gasteiger partial charge on any atom is 0.248 e. The van der Waals surface area contributed by atoms with Gasteiger partial charge in [-0.25, -0.2) is 9.97 Å². The molecule has 0 unspecified atom stereocenters. The number of aromatic nitrogens is 7. The highest BCUT2D eigenvalue weighted by Gasteiger charge is 2.43. The Morgan fingerprint density at radius 2 is 1.70 bits per heavy atom. The lowest BCUT2D eigenvalue weighted by Gasteiger charge is -2.35. The van der Waals surface area contributed by atoms with Gasteiger partial charge in [0, 0.05) is 89.0 Å². The zero-order valence-corrected chi connectivity index (χ0v) is 41.7. The number of ether oxygens (including phenoxy) is 1. The zero-order chi connectivity index (χ0) is 49.7. The van der Waals surface area contributed by atoms with Crippen molar-refractivity contribution in [3.05, 3.63) is 135 Å². The zero-order valence-electron chi connectivity index (χ0n) is 40.2. The predicted molar refractivity (Wildman–Crippen MR) is 267 cm³/mol. The summed E-state index contributed by atoms with van der Waals surface area (Å²) in [6, 6.07) is 16.7. The topological polar surface area (TPSA) is 208 Å². The van der Waals surface area contributed by atoms with E-state index in [1.165, 1.54) is 16.2 Å². The van der Waals surface area contributed by atoms with Crippen LogP contribution in [-0.4, -0.2) is 98.8 Å². The largest absolute Gasteiger partial charge is 0.474 e. The summed E-state index contributed by atoms with van der Waals surface area (Å²) >= 11 is 7.95. The van der Waals surface area contributed by atoms with Gasteiger partial charge in [0.05, 0.1) is 30.1 Å². The van der Waals surface area contributed by atoms with E-state index in [1.807, 2.05) is 99.1 Å². The van der Waals surface area contributed by atoms with Crippen LogP contribution < -0.4 is 15.4 Å². The van der Waals surface area contributed by atoms with Gasteiger partial charge in [-0.15, -0.1) is 21.5 Å². The van der Waals surface area contributed by atoms with Crippen LogP contribution in [0.5, 0.6) is 5.88 Å². The van der Waals surface area contributed by atoms with Crippen molar-refractivity contribution in [2.45, 2.75) is 110 Å². The highest BCUT2D eigenvalue weighted by Crippen LogP contribution is 2.40. The first-order valence-corrected chi connectivity index (χ1v) is 25.0. The molecule has 2 aliphatic heterocycles. The monoisotopic (exact) mass is 995 g/mol. The number of fused-ring (bicyclic) bond motifs is 3. The smallest absolute Gasteiger partial charge is 0.248 e. The number of β-amino-alcohol motifs (C(OH)–C–C–N with tert-alkyl or cyclic N) is 1. The number of rotatable bonds is 14. The van der Waals surface area contributed by atoms with Gasteiger partial charge in [0.25, 0.3) is 0 Å². The van der Waals surface area contributed by atoms with Crippen molar-refractivity contribution in [3.8, 4) is 33.3 Å². The molecule has 366 valence electrons. The Hall–Kier alpha value is -7.02. The number of hydrogen-bond acceptors (Lipinski definition) is 13. The van der Waals surface area contributed by atoms with Crippen molar-refractivity contribution in [2.24, 2.45) is 10.9 Å². The van der Waals surface area contributed by atoms with Gasteiger partial charge in [-0.05, 0) is 68.5 Å². The van der Waals surface area contributed by atoms with Crippen molar-refractivity contribution in [2.75, 3.05) is 6.54 Å². The number of carbonyl (C=O) groups is 3. The quantitative estimate of drug-likeness (QED) is 0.0966. The summed E-state index contributed by atoms with van der Waals surface area (Å²) in [5.74, 6) is 1.50. The van der Waals surface area contributed by atoms with Gasteiger partial charge < -0.3 is 29.8 Å². The highest BCUT2D eigenvalue weighted by atomic mass is 35.5. The van der Waals surface area contributed by atoms with E-state index < -0.39 is 24.2 Å². The third-order valence-corrected chi connectivity index (χ3v) is 15.1. The van der Waals surface area contributed by atoms with Crippen LogP contribution in [0.1, 0.15) is 96.1 Å². The molecule has 2 fully saturated rings. The molecule has 3 aliphatic rings. The number of thiophene rings is 1. The van der Waals surface area contributed by atoms with Crippen LogP contribution in [0.4, 0.5) is 0 Å². The molecule has 1 saturated heterocycles. The number of likely N-dealkylation sites (tertiary alicyclic amines) is 1. The standard InChI is InChI=1S/C52H54ClN11O6S/c1-27(2)47(51(68)62-25-39(65)20-42(62)50(67)55-22-32-7-9-34(10-8-32)48-29(4)56-26-69-48)63-24-36(23-57-63)35-15-16-54-44(17-35)70-40-18-38(19-40)58-43(66)21-41-49-61-60-31(6)64(49)52-45(28(3)30(5)71-52)46(59-41)33-11-13-37(53)14-12-33/h7-17,23-24,26-27,38-42,47,65H,18-22,25H2,1-6H3,(H,55,67)(H,58,66)/t38?,39-,40?,41+,42+,47+/m1/s1. The fourth-order valence-corrected chi connectivity index (χ4v) is 11.0. The van der Waals surface area contributed by atoms with Crippen molar-refractivity contribution in [1.82, 2.24) is 50.0 Å². The number of benzene rings is 2. The van der Waals surface area contributed by atoms with Crippen LogP contribution in [0.25, 0.3) is 27.5 Å². The number of hydrogen-bond donors (Lipinski definition) is 3. The van der Waals surface area contributed by atoms with Crippen LogP contribution in [-0.2, 0) is 20.9 Å². The Morgan fingerprint density at radius 3 is 2.44 bits per heavy atom. The molecule has 2 aromatic carbocycles. The third-order valence-electron chi connectivity index (χ3n) is 13.6. The molecule has 7 heterocycles. The van der Waals surface area contributed by atoms with E-state index in [0.29, 0.717) is 35.3 Å². The maximum atomic E-state index is 14.3. The molecule has 1 aliphatic carbocycles. The van der Waals surface area contributed by atoms with E-state index in [4.69, 9.17) is 25.7 Å². The molecule has 19 heteroatoms. The Bertz CT molecular complexity index is 3150. The summed E-state index contributed by atoms with van der Waals surface area (Å²) < 4.78 is 15.5. The minimum atomic E-state index is -0.842. The van der Waals surface area contributed by atoms with Crippen molar-refractivity contribution < 1.29 is 28.6 Å². The first-order chi connectivity index (χ1) is 34.2. The number of aliphatic hydroxyl groups excluding tert-OH is 1. The number of amides is 3. The number of pyridine rings is 1. The highest BCUT2D eigenvalue weighted by molar-refractivity contribution is 7.15. The molecule has 0 bridgehead atoms. The lowest BCUT2D eigenvalue weighted by atomic mass is 9.89. The van der Waals surface area contributed by atoms with Gasteiger partial charge in [0.15, 0.2) is 18.0 Å². The van der Waals surface area contributed by atoms with E-state index in [9.17, 15) is 19.5 Å². The van der Waals surface area contributed by atoms with Gasteiger partial charge in [-0.3, -0.25) is 28.6 Å². The number of aryl methyl sites for hydroxylation is 3. The van der Waals surface area contributed by atoms with Gasteiger partial charge in [0.2, 0.25) is 23.6 Å². The first-order valence-electron chi connectivity index (χ1n) is 23.8. The first kappa shape index (κ1) is 47.6. The van der Waals surface area contributed by atoms with Crippen LogP contribution >= 0.6 is 22.9 Å². The second kappa shape index (κ2) is 19.6. The lowest BCUT2D eigenvalue weighted by Crippen LogP contribution is -2.49. The van der Waals surface area contributed by atoms with Crippen molar-refractivity contribution >= 4 is 46.4 Å². The van der Waals surface area contributed by atoms with Crippen LogP contribution in [0.3, 0.4) is 0 Å². The average molecular weight is 997 g/mol. The Labute approximate surface area is 419 Å². The molecule has 0 radical (unpaired) electrons. The second-order valence-corrected chi connectivity index (χ2v) is 20.6. The van der Waals surface area contributed by atoms with Gasteiger partial charge in [-0.2, -0.15) is 5.10 Å². The molecule has 3 amide bonds. The molecule has 1 saturated carbocycles. The number of aliphatic imine (C=N–C) groups is 1. The number of halogens is 1. The number of carbonyl (C=O) groups excluding carboxylic acids is 3. The van der Waals surface area contributed by atoms with Crippen LogP contribution in [0, 0.1) is 33.6 Å². The van der Waals surface area contributed by atoms with E-state index in [-0.39, 0.29) is 61.7 Å². The van der Waals surface area contributed by atoms with Crippen molar-refractivity contribution in [1.29, 1.82) is 0 Å². The van der Waals surface area contributed by atoms with Crippen LogP contribution in [0.2, 0.25) is 5.02 Å². The molecule has 7 aromatic rings. The second-order valence-electron chi connectivity index (χ2n) is 18.9. The Morgan fingerprint density at radius 1 is 0.944 bits per heavy atom. The number of oxazole rings is 1. The normalized spacial score (nSPS) is 19.9. The SMILES string of the molecule is Cc1ncoc1-c1ccc(CNC(=O)[C@@H]2C[C@@H](O)CN2C(=O)[C@H](C(C)C)n2cc(-c3ccnc(OC4CC(NC(=O)C[C@@H]5N=C(c6ccc(Cl)cc6)c6c(sc(C)c6C)-n6c(C)nnc65)C4)c3)cn2)cc1. The maximum absolute atomic E-state index is 14.3. The minimum Gasteiger partial charge on any atom is -0.474 e.